The second-order valence-corrected chi connectivity index (χ2v) is 24.2. The van der Waals surface area contributed by atoms with Gasteiger partial charge >= 0.3 is 0 Å². The van der Waals surface area contributed by atoms with Crippen LogP contribution in [0.15, 0.2) is 243 Å². The second-order valence-electron chi connectivity index (χ2n) is 22.1. The third-order valence-corrected chi connectivity index (χ3v) is 19.4. The minimum Gasteiger partial charge on any atom is -0.208 e. The highest BCUT2D eigenvalue weighted by atomic mass is 32.1. The summed E-state index contributed by atoms with van der Waals surface area (Å²) >= 11 is 3.66. The Bertz CT molecular complexity index is 5370. The summed E-state index contributed by atoms with van der Waals surface area (Å²) in [6, 6.07) is 86.8. The molecule has 0 atom stereocenters. The van der Waals surface area contributed by atoms with Crippen LogP contribution in [0.5, 0.6) is 0 Å². The van der Waals surface area contributed by atoms with Crippen molar-refractivity contribution in [3.05, 3.63) is 254 Å². The molecule has 17 rings (SSSR count). The molecular formula is C75H46N6S2. The fourth-order valence-electron chi connectivity index (χ4n) is 12.9. The molecule has 0 unspecified atom stereocenters. The zero-order valence-corrected chi connectivity index (χ0v) is 46.7. The molecule has 8 heteroatoms. The number of thiophene rings is 2. The highest BCUT2D eigenvalue weighted by Crippen LogP contribution is 2.52. The molecule has 0 N–H and O–H groups in total. The third-order valence-electron chi connectivity index (χ3n) is 17.0. The molecule has 83 heavy (non-hydrogen) atoms. The maximum Gasteiger partial charge on any atom is 0.164 e. The van der Waals surface area contributed by atoms with Crippen LogP contribution in [0.3, 0.4) is 0 Å². The molecule has 0 spiro atoms. The van der Waals surface area contributed by atoms with E-state index in [1.165, 1.54) is 62.6 Å². The second kappa shape index (κ2) is 18.5. The van der Waals surface area contributed by atoms with Crippen LogP contribution < -0.4 is 0 Å². The predicted octanol–water partition coefficient (Wildman–Crippen LogP) is 20.2. The third kappa shape index (κ3) is 7.60. The molecule has 4 aromatic heterocycles. The monoisotopic (exact) mass is 1090 g/mol. The molecule has 0 saturated heterocycles. The van der Waals surface area contributed by atoms with Gasteiger partial charge in [0.25, 0.3) is 0 Å². The largest absolute Gasteiger partial charge is 0.208 e. The maximum absolute atomic E-state index is 5.48. The smallest absolute Gasteiger partial charge is 0.164 e. The standard InChI is InChI=1S/C75H46N6S2/c1-75(2)61-38-34-47(40-59(61)52-35-33-49(42-62(52)75)71-76-69(45-18-5-3-6-19-45)78-73(80-71)58-28-16-23-44-31-36-55-53-25-11-13-29-63(53)82-67(55)65(44)58)50-39-48-32-37-56-54-26-12-14-30-64(54)83-68(56)66(48)60(41-50)74-79-70(46-20-7-4-8-21-46)77-72(81-74)57-27-15-22-43-17-9-10-24-51(43)57/h3-42H,1-2H3. The van der Waals surface area contributed by atoms with Gasteiger partial charge in [-0.15, -0.1) is 22.7 Å². The van der Waals surface area contributed by atoms with Gasteiger partial charge in [-0.25, -0.2) is 29.9 Å². The number of fused-ring (bicyclic) bond motifs is 14. The Morgan fingerprint density at radius 2 is 0.759 bits per heavy atom. The summed E-state index contributed by atoms with van der Waals surface area (Å²) in [6.07, 6.45) is 0. The first-order chi connectivity index (χ1) is 40.9. The molecule has 1 aliphatic carbocycles. The molecule has 0 saturated carbocycles. The van der Waals surface area contributed by atoms with E-state index >= 15 is 0 Å². The van der Waals surface area contributed by atoms with E-state index in [9.17, 15) is 0 Å². The lowest BCUT2D eigenvalue weighted by Gasteiger charge is -2.22. The van der Waals surface area contributed by atoms with Crippen LogP contribution in [-0.2, 0) is 5.41 Å². The lowest BCUT2D eigenvalue weighted by Crippen LogP contribution is -2.15. The number of aromatic nitrogens is 6. The van der Waals surface area contributed by atoms with Crippen molar-refractivity contribution < 1.29 is 0 Å². The van der Waals surface area contributed by atoms with Crippen molar-refractivity contribution in [1.82, 2.24) is 29.9 Å². The maximum atomic E-state index is 5.48. The van der Waals surface area contributed by atoms with Crippen molar-refractivity contribution in [1.29, 1.82) is 0 Å². The number of rotatable bonds is 7. The van der Waals surface area contributed by atoms with Crippen molar-refractivity contribution in [2.45, 2.75) is 19.3 Å². The Morgan fingerprint density at radius 3 is 1.45 bits per heavy atom. The van der Waals surface area contributed by atoms with Gasteiger partial charge in [-0.3, -0.25) is 0 Å². The summed E-state index contributed by atoms with van der Waals surface area (Å²) < 4.78 is 4.96. The van der Waals surface area contributed by atoms with Gasteiger partial charge in [-0.2, -0.15) is 0 Å². The first-order valence-electron chi connectivity index (χ1n) is 28.0. The van der Waals surface area contributed by atoms with E-state index in [1.54, 1.807) is 0 Å². The van der Waals surface area contributed by atoms with E-state index in [2.05, 4.69) is 220 Å². The van der Waals surface area contributed by atoms with Crippen LogP contribution in [0.1, 0.15) is 25.0 Å². The Hall–Kier alpha value is -10.1. The van der Waals surface area contributed by atoms with E-state index in [0.29, 0.717) is 34.9 Å². The van der Waals surface area contributed by atoms with Crippen molar-refractivity contribution in [2.24, 2.45) is 0 Å². The van der Waals surface area contributed by atoms with Crippen LogP contribution in [-0.4, -0.2) is 29.9 Å². The normalized spacial score (nSPS) is 12.8. The highest BCUT2D eigenvalue weighted by molar-refractivity contribution is 7.27. The molecule has 0 fully saturated rings. The van der Waals surface area contributed by atoms with Gasteiger partial charge in [-0.05, 0) is 91.3 Å². The van der Waals surface area contributed by atoms with Crippen molar-refractivity contribution >= 4 is 95.3 Å². The quantitative estimate of drug-likeness (QED) is 0.158. The van der Waals surface area contributed by atoms with Gasteiger partial charge in [-0.1, -0.05) is 220 Å². The van der Waals surface area contributed by atoms with Gasteiger partial charge in [0.05, 0.1) is 0 Å². The molecule has 4 heterocycles. The Morgan fingerprint density at radius 1 is 0.265 bits per heavy atom. The molecule has 12 aromatic carbocycles. The molecule has 0 radical (unpaired) electrons. The average Bonchev–Trinajstić information content (AvgIpc) is 2.35. The first-order valence-corrected chi connectivity index (χ1v) is 29.6. The van der Waals surface area contributed by atoms with Gasteiger partial charge in [0.2, 0.25) is 0 Å². The summed E-state index contributed by atoms with van der Waals surface area (Å²) in [6.45, 7) is 4.68. The average molecular weight is 1100 g/mol. The lowest BCUT2D eigenvalue weighted by molar-refractivity contribution is 0.660. The molecule has 0 amide bonds. The number of hydrogen-bond acceptors (Lipinski definition) is 8. The van der Waals surface area contributed by atoms with Crippen molar-refractivity contribution in [3.63, 3.8) is 0 Å². The minimum atomic E-state index is -0.322. The van der Waals surface area contributed by atoms with E-state index in [-0.39, 0.29) is 5.41 Å². The fourth-order valence-corrected chi connectivity index (χ4v) is 15.4. The number of nitrogens with zero attached hydrogens (tertiary/aromatic N) is 6. The van der Waals surface area contributed by atoms with Gasteiger partial charge in [0.1, 0.15) is 0 Å². The number of hydrogen-bond donors (Lipinski definition) is 0. The Labute approximate surface area is 485 Å². The van der Waals surface area contributed by atoms with Crippen LogP contribution in [0, 0.1) is 0 Å². The van der Waals surface area contributed by atoms with Gasteiger partial charge in [0, 0.05) is 89.9 Å². The predicted molar refractivity (Wildman–Crippen MR) is 347 cm³/mol. The van der Waals surface area contributed by atoms with Crippen LogP contribution >= 0.6 is 22.7 Å². The highest BCUT2D eigenvalue weighted by Gasteiger charge is 2.36. The van der Waals surface area contributed by atoms with Crippen LogP contribution in [0.2, 0.25) is 0 Å². The summed E-state index contributed by atoms with van der Waals surface area (Å²) in [5.74, 6) is 3.82. The van der Waals surface area contributed by atoms with E-state index in [4.69, 9.17) is 29.9 Å². The molecule has 6 nitrogen and oxygen atoms in total. The number of benzene rings is 12. The summed E-state index contributed by atoms with van der Waals surface area (Å²) in [5.41, 5.74) is 12.5. The van der Waals surface area contributed by atoms with Crippen LogP contribution in [0.25, 0.3) is 163 Å². The van der Waals surface area contributed by atoms with Gasteiger partial charge < -0.3 is 0 Å². The van der Waals surface area contributed by atoms with Crippen molar-refractivity contribution in [2.75, 3.05) is 0 Å². The first kappa shape index (κ1) is 47.7. The minimum absolute atomic E-state index is 0.322. The van der Waals surface area contributed by atoms with Crippen LogP contribution in [0.4, 0.5) is 0 Å². The van der Waals surface area contributed by atoms with E-state index in [1.807, 2.05) is 59.1 Å². The van der Waals surface area contributed by atoms with E-state index in [0.717, 1.165) is 76.8 Å². The summed E-state index contributed by atoms with van der Waals surface area (Å²) in [7, 11) is 0. The SMILES string of the molecule is CC1(C)c2ccc(-c3cc(-c4nc(-c5ccccc5)nc(-c5cccc6ccccc56)n4)c4c(ccc5c6ccccc6sc54)c3)cc2-c2ccc(-c3nc(-c4ccccc4)nc(-c4cccc5ccc6c7ccccc7sc6c45)n3)cc21. The fraction of sp³-hybridized carbons (Fsp3) is 0.0400. The Balaban J connectivity index is 0.831. The van der Waals surface area contributed by atoms with Crippen molar-refractivity contribution in [3.8, 4) is 90.6 Å². The summed E-state index contributed by atoms with van der Waals surface area (Å²) in [5, 5.41) is 11.8. The lowest BCUT2D eigenvalue weighted by atomic mass is 9.81. The Kier molecular flexibility index (Phi) is 10.6. The van der Waals surface area contributed by atoms with E-state index < -0.39 is 0 Å². The summed E-state index contributed by atoms with van der Waals surface area (Å²) in [4.78, 5) is 32.1. The zero-order chi connectivity index (χ0) is 54.9. The molecule has 388 valence electrons. The molecular weight excluding hydrogens is 1050 g/mol. The molecule has 16 aromatic rings. The van der Waals surface area contributed by atoms with Gasteiger partial charge in [0.15, 0.2) is 34.9 Å². The molecule has 0 bridgehead atoms. The topological polar surface area (TPSA) is 77.3 Å². The molecule has 1 aliphatic rings. The molecule has 0 aliphatic heterocycles. The zero-order valence-electron chi connectivity index (χ0n) is 45.1.